The molecule has 1 rings (SSSR count). The van der Waals surface area contributed by atoms with Gasteiger partial charge < -0.3 is 10.6 Å². The Labute approximate surface area is 80.4 Å². The van der Waals surface area contributed by atoms with Gasteiger partial charge in [-0.15, -0.1) is 0 Å². The molecule has 13 heavy (non-hydrogen) atoms. The second kappa shape index (κ2) is 4.40. The van der Waals surface area contributed by atoms with Crippen molar-refractivity contribution in [1.29, 1.82) is 0 Å². The van der Waals surface area contributed by atoms with Crippen LogP contribution in [-0.2, 0) is 6.54 Å². The van der Waals surface area contributed by atoms with Gasteiger partial charge in [-0.25, -0.2) is 0 Å². The van der Waals surface area contributed by atoms with Crippen molar-refractivity contribution in [2.24, 2.45) is 5.73 Å². The summed E-state index contributed by atoms with van der Waals surface area (Å²) in [4.78, 5) is 2.15. The summed E-state index contributed by atoms with van der Waals surface area (Å²) in [6, 6.07) is 8.61. The van der Waals surface area contributed by atoms with E-state index in [1.165, 1.54) is 11.1 Å². The van der Waals surface area contributed by atoms with Crippen molar-refractivity contribution in [1.82, 2.24) is 4.90 Å². The summed E-state index contributed by atoms with van der Waals surface area (Å²) >= 11 is 0. The molecular formula is C11H18N2. The highest BCUT2D eigenvalue weighted by molar-refractivity contribution is 5.24. The smallest absolute Gasteiger partial charge is 0.0266 e. The average molecular weight is 178 g/mol. The summed E-state index contributed by atoms with van der Waals surface area (Å²) in [6.45, 7) is 2.99. The van der Waals surface area contributed by atoms with Gasteiger partial charge in [-0.05, 0) is 32.1 Å². The molecule has 1 atom stereocenters. The van der Waals surface area contributed by atoms with E-state index >= 15 is 0 Å². The second-order valence-corrected chi connectivity index (χ2v) is 3.77. The van der Waals surface area contributed by atoms with Crippen LogP contribution in [0.2, 0.25) is 0 Å². The highest BCUT2D eigenvalue weighted by atomic mass is 15.0. The Morgan fingerprint density at radius 2 is 1.77 bits per heavy atom. The molecule has 0 heterocycles. The van der Waals surface area contributed by atoms with Crippen molar-refractivity contribution in [2.45, 2.75) is 19.5 Å². The number of nitrogens with zero attached hydrogens (tertiary/aromatic N) is 1. The van der Waals surface area contributed by atoms with Gasteiger partial charge in [0.1, 0.15) is 0 Å². The highest BCUT2D eigenvalue weighted by Crippen LogP contribution is 2.11. The zero-order valence-electron chi connectivity index (χ0n) is 8.62. The van der Waals surface area contributed by atoms with E-state index in [1.54, 1.807) is 0 Å². The first-order valence-electron chi connectivity index (χ1n) is 4.58. The average Bonchev–Trinajstić information content (AvgIpc) is 2.04. The molecule has 0 fully saturated rings. The van der Waals surface area contributed by atoms with E-state index in [1.807, 2.05) is 6.92 Å². The van der Waals surface area contributed by atoms with Gasteiger partial charge in [0.25, 0.3) is 0 Å². The van der Waals surface area contributed by atoms with Crippen molar-refractivity contribution in [3.05, 3.63) is 35.4 Å². The monoisotopic (exact) mass is 178 g/mol. The molecule has 2 N–H and O–H groups in total. The Kier molecular flexibility index (Phi) is 3.46. The van der Waals surface area contributed by atoms with Crippen molar-refractivity contribution in [2.75, 3.05) is 14.1 Å². The van der Waals surface area contributed by atoms with Crippen LogP contribution < -0.4 is 5.73 Å². The molecule has 0 amide bonds. The molecule has 0 aliphatic carbocycles. The Hall–Kier alpha value is -0.860. The molecule has 0 saturated heterocycles. The van der Waals surface area contributed by atoms with Gasteiger partial charge in [0, 0.05) is 12.6 Å². The van der Waals surface area contributed by atoms with Gasteiger partial charge >= 0.3 is 0 Å². The maximum Gasteiger partial charge on any atom is 0.0266 e. The van der Waals surface area contributed by atoms with Gasteiger partial charge in [-0.1, -0.05) is 24.3 Å². The third-order valence-electron chi connectivity index (χ3n) is 2.00. The molecule has 0 aromatic heterocycles. The van der Waals surface area contributed by atoms with Gasteiger partial charge in [-0.3, -0.25) is 0 Å². The molecule has 0 spiro atoms. The molecule has 0 radical (unpaired) electrons. The lowest BCUT2D eigenvalue weighted by Crippen LogP contribution is -2.11. The molecule has 0 bridgehead atoms. The number of benzene rings is 1. The zero-order valence-corrected chi connectivity index (χ0v) is 8.62. The van der Waals surface area contributed by atoms with Crippen molar-refractivity contribution in [3.63, 3.8) is 0 Å². The maximum atomic E-state index is 5.75. The van der Waals surface area contributed by atoms with E-state index in [2.05, 4.69) is 43.3 Å². The summed E-state index contributed by atoms with van der Waals surface area (Å²) in [5, 5.41) is 0. The molecule has 0 aliphatic rings. The Morgan fingerprint density at radius 3 is 2.15 bits per heavy atom. The summed E-state index contributed by atoms with van der Waals surface area (Å²) in [7, 11) is 4.14. The standard InChI is InChI=1S/C11H18N2/c1-9(12)11-6-4-10(5-7-11)8-13(2)3/h4-7,9H,8,12H2,1-3H3/t9-/m0/s1. The van der Waals surface area contributed by atoms with Crippen molar-refractivity contribution in [3.8, 4) is 0 Å². The van der Waals surface area contributed by atoms with Crippen LogP contribution in [0.5, 0.6) is 0 Å². The van der Waals surface area contributed by atoms with Crippen LogP contribution in [0.25, 0.3) is 0 Å². The van der Waals surface area contributed by atoms with E-state index in [9.17, 15) is 0 Å². The zero-order chi connectivity index (χ0) is 9.84. The van der Waals surface area contributed by atoms with Crippen LogP contribution in [-0.4, -0.2) is 19.0 Å². The molecule has 0 saturated carbocycles. The predicted octanol–water partition coefficient (Wildman–Crippen LogP) is 1.77. The molecule has 1 aromatic rings. The Morgan fingerprint density at radius 1 is 1.23 bits per heavy atom. The lowest BCUT2D eigenvalue weighted by Gasteiger charge is -2.11. The van der Waals surface area contributed by atoms with Gasteiger partial charge in [0.15, 0.2) is 0 Å². The highest BCUT2D eigenvalue weighted by Gasteiger charge is 1.99. The van der Waals surface area contributed by atoms with Crippen LogP contribution in [0, 0.1) is 0 Å². The molecule has 72 valence electrons. The fourth-order valence-corrected chi connectivity index (χ4v) is 1.29. The largest absolute Gasteiger partial charge is 0.324 e. The number of nitrogens with two attached hydrogens (primary N) is 1. The minimum Gasteiger partial charge on any atom is -0.324 e. The number of hydrogen-bond acceptors (Lipinski definition) is 2. The minimum atomic E-state index is 0.133. The topological polar surface area (TPSA) is 29.3 Å². The van der Waals surface area contributed by atoms with E-state index < -0.39 is 0 Å². The third kappa shape index (κ3) is 3.17. The molecule has 2 heteroatoms. The number of rotatable bonds is 3. The van der Waals surface area contributed by atoms with E-state index in [0.717, 1.165) is 6.54 Å². The van der Waals surface area contributed by atoms with E-state index in [0.29, 0.717) is 0 Å². The van der Waals surface area contributed by atoms with Gasteiger partial charge in [0.2, 0.25) is 0 Å². The molecular weight excluding hydrogens is 160 g/mol. The summed E-state index contributed by atoms with van der Waals surface area (Å²) in [5.41, 5.74) is 8.28. The quantitative estimate of drug-likeness (QED) is 0.764. The van der Waals surface area contributed by atoms with Gasteiger partial charge in [-0.2, -0.15) is 0 Å². The third-order valence-corrected chi connectivity index (χ3v) is 2.00. The van der Waals surface area contributed by atoms with Crippen LogP contribution in [0.15, 0.2) is 24.3 Å². The first-order chi connectivity index (χ1) is 6.09. The lowest BCUT2D eigenvalue weighted by molar-refractivity contribution is 0.402. The Bertz CT molecular complexity index is 249. The molecule has 2 nitrogen and oxygen atoms in total. The molecule has 1 aromatic carbocycles. The number of hydrogen-bond donors (Lipinski definition) is 1. The van der Waals surface area contributed by atoms with Gasteiger partial charge in [0.05, 0.1) is 0 Å². The molecule has 0 aliphatic heterocycles. The predicted molar refractivity (Wildman–Crippen MR) is 56.4 cm³/mol. The fourth-order valence-electron chi connectivity index (χ4n) is 1.29. The van der Waals surface area contributed by atoms with Crippen LogP contribution >= 0.6 is 0 Å². The summed E-state index contributed by atoms with van der Waals surface area (Å²) in [5.74, 6) is 0. The minimum absolute atomic E-state index is 0.133. The summed E-state index contributed by atoms with van der Waals surface area (Å²) in [6.07, 6.45) is 0. The fraction of sp³-hybridized carbons (Fsp3) is 0.455. The van der Waals surface area contributed by atoms with E-state index in [-0.39, 0.29) is 6.04 Å². The molecule has 0 unspecified atom stereocenters. The van der Waals surface area contributed by atoms with Crippen LogP contribution in [0.4, 0.5) is 0 Å². The SMILES string of the molecule is C[C@H](N)c1ccc(CN(C)C)cc1. The maximum absolute atomic E-state index is 5.75. The Balaban J connectivity index is 2.70. The second-order valence-electron chi connectivity index (χ2n) is 3.77. The van der Waals surface area contributed by atoms with Crippen molar-refractivity contribution >= 4 is 0 Å². The first-order valence-corrected chi connectivity index (χ1v) is 4.58. The lowest BCUT2D eigenvalue weighted by atomic mass is 10.1. The van der Waals surface area contributed by atoms with Crippen LogP contribution in [0.1, 0.15) is 24.1 Å². The van der Waals surface area contributed by atoms with Crippen LogP contribution in [0.3, 0.4) is 0 Å². The van der Waals surface area contributed by atoms with Crippen molar-refractivity contribution < 1.29 is 0 Å². The first kappa shape index (κ1) is 10.2. The summed E-state index contributed by atoms with van der Waals surface area (Å²) < 4.78 is 0. The normalized spacial score (nSPS) is 13.3. The van der Waals surface area contributed by atoms with E-state index in [4.69, 9.17) is 5.73 Å².